The van der Waals surface area contributed by atoms with Crippen molar-refractivity contribution in [2.75, 3.05) is 33.6 Å². The van der Waals surface area contributed by atoms with E-state index < -0.39 is 0 Å². The second-order valence-corrected chi connectivity index (χ2v) is 5.50. The van der Waals surface area contributed by atoms with Crippen molar-refractivity contribution in [3.05, 3.63) is 0 Å². The summed E-state index contributed by atoms with van der Waals surface area (Å²) in [5, 5.41) is 7.63. The number of methoxy groups -OCH3 is 1. The largest absolute Gasteiger partial charge is 0.385 e. The zero-order valence-corrected chi connectivity index (χ0v) is 14.7. The maximum Gasteiger partial charge on any atom is 0.191 e. The molecule has 2 N–H and O–H groups in total. The highest BCUT2D eigenvalue weighted by Crippen LogP contribution is 2.27. The number of hydrogen-bond acceptors (Lipinski definition) is 3. The quantitative estimate of drug-likeness (QED) is 0.317. The van der Waals surface area contributed by atoms with E-state index in [1.54, 1.807) is 7.11 Å². The van der Waals surface area contributed by atoms with E-state index in [4.69, 9.17) is 4.74 Å². The van der Waals surface area contributed by atoms with Gasteiger partial charge in [0.1, 0.15) is 0 Å². The van der Waals surface area contributed by atoms with Crippen LogP contribution < -0.4 is 10.6 Å². The predicted molar refractivity (Wildman–Crippen MR) is 91.3 cm³/mol. The molecule has 0 saturated heterocycles. The second-order valence-electron chi connectivity index (χ2n) is 4.36. The van der Waals surface area contributed by atoms with Gasteiger partial charge < -0.3 is 15.4 Å². The molecule has 1 rings (SSSR count). The van der Waals surface area contributed by atoms with E-state index >= 15 is 0 Å². The molecular formula is C12H26IN3OS. The van der Waals surface area contributed by atoms with E-state index in [9.17, 15) is 0 Å². The standard InChI is InChI=1S/C12H25N3OS.HI/c1-13-12(14-7-4-8-16-2)15-10-5-6-11(9-10)17-3;/h10-11H,4-9H2,1-3H3,(H2,13,14,15);1H. The lowest BCUT2D eigenvalue weighted by Crippen LogP contribution is -2.43. The van der Waals surface area contributed by atoms with E-state index in [2.05, 4.69) is 21.9 Å². The molecular weight excluding hydrogens is 361 g/mol. The minimum absolute atomic E-state index is 0. The van der Waals surface area contributed by atoms with Gasteiger partial charge in [0.15, 0.2) is 5.96 Å². The fourth-order valence-electron chi connectivity index (χ4n) is 2.10. The van der Waals surface area contributed by atoms with Crippen molar-refractivity contribution in [1.29, 1.82) is 0 Å². The molecule has 1 aliphatic rings. The molecule has 0 spiro atoms. The maximum atomic E-state index is 5.02. The average Bonchev–Trinajstić information content (AvgIpc) is 2.80. The van der Waals surface area contributed by atoms with E-state index in [1.807, 2.05) is 18.8 Å². The van der Waals surface area contributed by atoms with Crippen LogP contribution in [0.15, 0.2) is 4.99 Å². The maximum absolute atomic E-state index is 5.02. The number of aliphatic imine (C=N–C) groups is 1. The third kappa shape index (κ3) is 7.04. The Morgan fingerprint density at radius 1 is 1.44 bits per heavy atom. The number of ether oxygens (including phenoxy) is 1. The Hall–Kier alpha value is 0.310. The van der Waals surface area contributed by atoms with Gasteiger partial charge in [0, 0.05) is 38.6 Å². The van der Waals surface area contributed by atoms with Gasteiger partial charge in [0.2, 0.25) is 0 Å². The van der Waals surface area contributed by atoms with Crippen molar-refractivity contribution in [2.45, 2.75) is 37.0 Å². The van der Waals surface area contributed by atoms with Gasteiger partial charge in [-0.3, -0.25) is 4.99 Å². The Kier molecular flexibility index (Phi) is 11.4. The van der Waals surface area contributed by atoms with Crippen LogP contribution in [-0.2, 0) is 4.74 Å². The van der Waals surface area contributed by atoms with Crippen LogP contribution in [0.1, 0.15) is 25.7 Å². The second kappa shape index (κ2) is 11.2. The smallest absolute Gasteiger partial charge is 0.191 e. The van der Waals surface area contributed by atoms with Gasteiger partial charge in [0.25, 0.3) is 0 Å². The number of guanidine groups is 1. The summed E-state index contributed by atoms with van der Waals surface area (Å²) in [4.78, 5) is 4.25. The molecule has 1 fully saturated rings. The first kappa shape index (κ1) is 18.3. The molecule has 0 amide bonds. The van der Waals surface area contributed by atoms with Gasteiger partial charge in [-0.1, -0.05) is 0 Å². The van der Waals surface area contributed by atoms with Crippen LogP contribution in [0.5, 0.6) is 0 Å². The molecule has 2 atom stereocenters. The van der Waals surface area contributed by atoms with Crippen molar-refractivity contribution in [3.63, 3.8) is 0 Å². The Labute approximate surface area is 132 Å². The van der Waals surface area contributed by atoms with Gasteiger partial charge in [0.05, 0.1) is 0 Å². The van der Waals surface area contributed by atoms with E-state index in [1.165, 1.54) is 19.3 Å². The molecule has 0 bridgehead atoms. The molecule has 4 nitrogen and oxygen atoms in total. The topological polar surface area (TPSA) is 45.7 Å². The fraction of sp³-hybridized carbons (Fsp3) is 0.917. The zero-order valence-electron chi connectivity index (χ0n) is 11.6. The fourth-order valence-corrected chi connectivity index (χ4v) is 2.89. The Balaban J connectivity index is 0.00000289. The molecule has 1 saturated carbocycles. The summed E-state index contributed by atoms with van der Waals surface area (Å²) in [6, 6.07) is 0.584. The zero-order chi connectivity index (χ0) is 12.5. The number of nitrogens with one attached hydrogen (secondary N) is 2. The van der Waals surface area contributed by atoms with Crippen molar-refractivity contribution in [2.24, 2.45) is 4.99 Å². The highest BCUT2D eigenvalue weighted by Gasteiger charge is 2.24. The minimum atomic E-state index is 0. The summed E-state index contributed by atoms with van der Waals surface area (Å²) in [6.07, 6.45) is 7.03. The van der Waals surface area contributed by atoms with Crippen LogP contribution >= 0.6 is 35.7 Å². The lowest BCUT2D eigenvalue weighted by molar-refractivity contribution is 0.195. The van der Waals surface area contributed by atoms with E-state index in [-0.39, 0.29) is 24.0 Å². The van der Waals surface area contributed by atoms with Crippen molar-refractivity contribution in [3.8, 4) is 0 Å². The highest BCUT2D eigenvalue weighted by atomic mass is 127. The normalized spacial score (nSPS) is 23.6. The summed E-state index contributed by atoms with van der Waals surface area (Å²) < 4.78 is 5.02. The predicted octanol–water partition coefficient (Wildman–Crippen LogP) is 2.09. The van der Waals surface area contributed by atoms with Crippen LogP contribution in [0, 0.1) is 0 Å². The Morgan fingerprint density at radius 2 is 2.22 bits per heavy atom. The third-order valence-electron chi connectivity index (χ3n) is 3.10. The SMILES string of the molecule is CN=C(NCCCOC)NC1CCC(SC)C1.I. The first-order valence-electron chi connectivity index (χ1n) is 6.29. The van der Waals surface area contributed by atoms with Crippen molar-refractivity contribution >= 4 is 41.7 Å². The number of thioether (sulfide) groups is 1. The number of nitrogens with zero attached hydrogens (tertiary/aromatic N) is 1. The summed E-state index contributed by atoms with van der Waals surface area (Å²) in [6.45, 7) is 1.70. The van der Waals surface area contributed by atoms with Gasteiger partial charge in [-0.2, -0.15) is 11.8 Å². The summed E-state index contributed by atoms with van der Waals surface area (Å²) in [7, 11) is 3.56. The van der Waals surface area contributed by atoms with Crippen LogP contribution in [0.4, 0.5) is 0 Å². The van der Waals surface area contributed by atoms with E-state index in [0.717, 1.165) is 30.8 Å². The van der Waals surface area contributed by atoms with Gasteiger partial charge in [-0.25, -0.2) is 0 Å². The summed E-state index contributed by atoms with van der Waals surface area (Å²) in [5.41, 5.74) is 0. The molecule has 2 unspecified atom stereocenters. The average molecular weight is 387 g/mol. The molecule has 0 aromatic rings. The number of hydrogen-bond donors (Lipinski definition) is 2. The molecule has 0 aliphatic heterocycles. The molecule has 0 heterocycles. The Morgan fingerprint density at radius 3 is 2.78 bits per heavy atom. The van der Waals surface area contributed by atoms with Gasteiger partial charge in [-0.05, 0) is 31.9 Å². The monoisotopic (exact) mass is 387 g/mol. The summed E-state index contributed by atoms with van der Waals surface area (Å²) >= 11 is 1.98. The lowest BCUT2D eigenvalue weighted by Gasteiger charge is -2.17. The highest BCUT2D eigenvalue weighted by molar-refractivity contribution is 14.0. The van der Waals surface area contributed by atoms with Crippen LogP contribution in [0.3, 0.4) is 0 Å². The molecule has 108 valence electrons. The van der Waals surface area contributed by atoms with Crippen LogP contribution in [0.25, 0.3) is 0 Å². The third-order valence-corrected chi connectivity index (χ3v) is 4.19. The van der Waals surface area contributed by atoms with Gasteiger partial charge in [-0.15, -0.1) is 24.0 Å². The number of rotatable bonds is 6. The molecule has 6 heteroatoms. The number of halogens is 1. The van der Waals surface area contributed by atoms with Crippen molar-refractivity contribution in [1.82, 2.24) is 10.6 Å². The first-order valence-corrected chi connectivity index (χ1v) is 7.57. The first-order chi connectivity index (χ1) is 8.30. The molecule has 1 aliphatic carbocycles. The molecule has 0 aromatic heterocycles. The molecule has 0 radical (unpaired) electrons. The minimum Gasteiger partial charge on any atom is -0.385 e. The van der Waals surface area contributed by atoms with Crippen LogP contribution in [-0.4, -0.2) is 50.8 Å². The molecule has 0 aromatic carbocycles. The van der Waals surface area contributed by atoms with Crippen molar-refractivity contribution < 1.29 is 4.74 Å². The lowest BCUT2D eigenvalue weighted by atomic mass is 10.2. The van der Waals surface area contributed by atoms with E-state index in [0.29, 0.717) is 6.04 Å². The van der Waals surface area contributed by atoms with Crippen LogP contribution in [0.2, 0.25) is 0 Å². The van der Waals surface area contributed by atoms with Gasteiger partial charge >= 0.3 is 0 Å². The summed E-state index contributed by atoms with van der Waals surface area (Å²) in [5.74, 6) is 0.924. The Bertz CT molecular complexity index is 241. The molecule has 18 heavy (non-hydrogen) atoms.